The molecule has 2 aromatic rings. The molecule has 0 fully saturated rings. The minimum atomic E-state index is -0.451. The standard InChI is InChI=1S/C20H22Cl2N2O2S2/c1-2-26-19(25)17-12-16(8-9-18(17)22)24-20(27)23-10-3-11-28-13-14-4-6-15(21)7-5-14/h4-9,12H,2-3,10-11,13H2,1H3,(H2,23,24,27). The van der Waals surface area contributed by atoms with Gasteiger partial charge in [-0.15, -0.1) is 0 Å². The van der Waals surface area contributed by atoms with Crippen LogP contribution in [-0.4, -0.2) is 30.0 Å². The molecule has 0 unspecified atom stereocenters. The van der Waals surface area contributed by atoms with E-state index in [4.69, 9.17) is 40.2 Å². The molecule has 0 heterocycles. The van der Waals surface area contributed by atoms with Crippen LogP contribution in [0.4, 0.5) is 5.69 Å². The molecule has 4 nitrogen and oxygen atoms in total. The van der Waals surface area contributed by atoms with E-state index in [1.54, 1.807) is 25.1 Å². The normalized spacial score (nSPS) is 10.4. The van der Waals surface area contributed by atoms with E-state index in [9.17, 15) is 4.79 Å². The van der Waals surface area contributed by atoms with Crippen LogP contribution in [0, 0.1) is 0 Å². The van der Waals surface area contributed by atoms with Crippen LogP contribution in [-0.2, 0) is 10.5 Å². The van der Waals surface area contributed by atoms with Gasteiger partial charge in [-0.1, -0.05) is 35.3 Å². The molecule has 0 aliphatic heterocycles. The molecule has 0 bridgehead atoms. The van der Waals surface area contributed by atoms with Crippen LogP contribution in [0.5, 0.6) is 0 Å². The second-order valence-corrected chi connectivity index (χ2v) is 8.19. The fourth-order valence-corrected chi connectivity index (χ4v) is 3.75. The van der Waals surface area contributed by atoms with Crippen LogP contribution in [0.25, 0.3) is 0 Å². The van der Waals surface area contributed by atoms with Gasteiger partial charge in [0.2, 0.25) is 0 Å². The number of thiocarbonyl (C=S) groups is 1. The van der Waals surface area contributed by atoms with Crippen molar-refractivity contribution in [2.45, 2.75) is 19.1 Å². The highest BCUT2D eigenvalue weighted by molar-refractivity contribution is 7.98. The Labute approximate surface area is 185 Å². The minimum Gasteiger partial charge on any atom is -0.462 e. The molecule has 0 aliphatic rings. The Morgan fingerprint density at radius 1 is 1.18 bits per heavy atom. The number of nitrogens with one attached hydrogen (secondary N) is 2. The molecular weight excluding hydrogens is 435 g/mol. The van der Waals surface area contributed by atoms with Crippen LogP contribution in [0.3, 0.4) is 0 Å². The van der Waals surface area contributed by atoms with Crippen LogP contribution >= 0.6 is 47.2 Å². The Bertz CT molecular complexity index is 801. The van der Waals surface area contributed by atoms with Gasteiger partial charge >= 0.3 is 5.97 Å². The Morgan fingerprint density at radius 2 is 1.93 bits per heavy atom. The lowest BCUT2D eigenvalue weighted by Crippen LogP contribution is -2.29. The second kappa shape index (κ2) is 12.2. The van der Waals surface area contributed by atoms with Crippen molar-refractivity contribution >= 4 is 64.0 Å². The number of benzene rings is 2. The fraction of sp³-hybridized carbons (Fsp3) is 0.300. The van der Waals surface area contributed by atoms with E-state index in [1.807, 2.05) is 36.0 Å². The summed E-state index contributed by atoms with van der Waals surface area (Å²) in [6.45, 7) is 2.81. The maximum absolute atomic E-state index is 11.9. The summed E-state index contributed by atoms with van der Waals surface area (Å²) in [5.41, 5.74) is 2.26. The van der Waals surface area contributed by atoms with E-state index in [0.717, 1.165) is 29.5 Å². The molecule has 0 saturated carbocycles. The van der Waals surface area contributed by atoms with Crippen molar-refractivity contribution < 1.29 is 9.53 Å². The fourth-order valence-electron chi connectivity index (χ4n) is 2.29. The molecule has 0 aromatic heterocycles. The lowest BCUT2D eigenvalue weighted by Gasteiger charge is -2.12. The average molecular weight is 457 g/mol. The molecule has 150 valence electrons. The van der Waals surface area contributed by atoms with Crippen molar-refractivity contribution in [1.82, 2.24) is 5.32 Å². The summed E-state index contributed by atoms with van der Waals surface area (Å²) >= 11 is 19.1. The summed E-state index contributed by atoms with van der Waals surface area (Å²) in [6.07, 6.45) is 0.981. The van der Waals surface area contributed by atoms with Crippen molar-refractivity contribution in [3.05, 3.63) is 63.6 Å². The third kappa shape index (κ3) is 7.87. The first-order chi connectivity index (χ1) is 13.5. The Balaban J connectivity index is 1.69. The highest BCUT2D eigenvalue weighted by atomic mass is 35.5. The largest absolute Gasteiger partial charge is 0.462 e. The van der Waals surface area contributed by atoms with Crippen LogP contribution < -0.4 is 10.6 Å². The minimum absolute atomic E-state index is 0.294. The molecule has 2 N–H and O–H groups in total. The van der Waals surface area contributed by atoms with Gasteiger partial charge in [0.15, 0.2) is 5.11 Å². The van der Waals surface area contributed by atoms with E-state index >= 15 is 0 Å². The van der Waals surface area contributed by atoms with Gasteiger partial charge in [0.05, 0.1) is 17.2 Å². The number of hydrogen-bond acceptors (Lipinski definition) is 4. The molecule has 28 heavy (non-hydrogen) atoms. The SMILES string of the molecule is CCOC(=O)c1cc(NC(=S)NCCCSCc2ccc(Cl)cc2)ccc1Cl. The number of rotatable bonds is 9. The summed E-state index contributed by atoms with van der Waals surface area (Å²) in [7, 11) is 0. The lowest BCUT2D eigenvalue weighted by molar-refractivity contribution is 0.0526. The number of halogens is 2. The quantitative estimate of drug-likeness (QED) is 0.283. The topological polar surface area (TPSA) is 50.4 Å². The Morgan fingerprint density at radius 3 is 2.64 bits per heavy atom. The van der Waals surface area contributed by atoms with E-state index in [2.05, 4.69) is 10.6 Å². The molecule has 0 radical (unpaired) electrons. The number of esters is 1. The van der Waals surface area contributed by atoms with Gasteiger partial charge in [-0.3, -0.25) is 0 Å². The second-order valence-electron chi connectivity index (χ2n) is 5.83. The Hall–Kier alpha value is -1.47. The highest BCUT2D eigenvalue weighted by Gasteiger charge is 2.12. The lowest BCUT2D eigenvalue weighted by atomic mass is 10.2. The van der Waals surface area contributed by atoms with Crippen molar-refractivity contribution in [2.24, 2.45) is 0 Å². The maximum atomic E-state index is 11.9. The summed E-state index contributed by atoms with van der Waals surface area (Å²) in [6, 6.07) is 13.0. The number of anilines is 1. The monoisotopic (exact) mass is 456 g/mol. The van der Waals surface area contributed by atoms with Crippen LogP contribution in [0.1, 0.15) is 29.3 Å². The first-order valence-electron chi connectivity index (χ1n) is 8.83. The van der Waals surface area contributed by atoms with Gasteiger partial charge in [-0.2, -0.15) is 11.8 Å². The molecule has 0 spiro atoms. The Kier molecular flexibility index (Phi) is 9.92. The summed E-state index contributed by atoms with van der Waals surface area (Å²) in [5.74, 6) is 1.53. The highest BCUT2D eigenvalue weighted by Crippen LogP contribution is 2.21. The number of carbonyl (C=O) groups excluding carboxylic acids is 1. The van der Waals surface area contributed by atoms with E-state index in [-0.39, 0.29) is 0 Å². The zero-order chi connectivity index (χ0) is 20.4. The van der Waals surface area contributed by atoms with Crippen LogP contribution in [0.15, 0.2) is 42.5 Å². The molecule has 8 heteroatoms. The molecule has 0 aliphatic carbocycles. The van der Waals surface area contributed by atoms with Crippen molar-refractivity contribution in [1.29, 1.82) is 0 Å². The summed E-state index contributed by atoms with van der Waals surface area (Å²) in [5, 5.41) is 7.84. The maximum Gasteiger partial charge on any atom is 0.339 e. The summed E-state index contributed by atoms with van der Waals surface area (Å²) < 4.78 is 5.00. The zero-order valence-electron chi connectivity index (χ0n) is 15.5. The summed E-state index contributed by atoms with van der Waals surface area (Å²) in [4.78, 5) is 11.9. The molecule has 0 amide bonds. The molecule has 0 saturated heterocycles. The molecule has 0 atom stereocenters. The molecule has 2 rings (SSSR count). The number of thioether (sulfide) groups is 1. The predicted octanol–water partition coefficient (Wildman–Crippen LogP) is 5.78. The van der Waals surface area contributed by atoms with Crippen molar-refractivity contribution in [2.75, 3.05) is 24.2 Å². The third-order valence-corrected chi connectivity index (χ3v) is 5.60. The van der Waals surface area contributed by atoms with E-state index < -0.39 is 5.97 Å². The first-order valence-corrected chi connectivity index (χ1v) is 11.1. The van der Waals surface area contributed by atoms with E-state index in [0.29, 0.717) is 28.0 Å². The van der Waals surface area contributed by atoms with Crippen molar-refractivity contribution in [3.8, 4) is 0 Å². The average Bonchev–Trinajstić information content (AvgIpc) is 2.67. The van der Waals surface area contributed by atoms with Gasteiger partial charge in [-0.25, -0.2) is 4.79 Å². The van der Waals surface area contributed by atoms with Crippen molar-refractivity contribution in [3.63, 3.8) is 0 Å². The molecule has 2 aromatic carbocycles. The predicted molar refractivity (Wildman–Crippen MR) is 124 cm³/mol. The number of ether oxygens (including phenoxy) is 1. The number of carbonyl (C=O) groups is 1. The third-order valence-electron chi connectivity index (χ3n) is 3.65. The smallest absolute Gasteiger partial charge is 0.339 e. The van der Waals surface area contributed by atoms with Gasteiger partial charge in [0, 0.05) is 23.0 Å². The van der Waals surface area contributed by atoms with Gasteiger partial charge in [-0.05, 0) is 67.2 Å². The van der Waals surface area contributed by atoms with Gasteiger partial charge in [0.25, 0.3) is 0 Å². The number of hydrogen-bond donors (Lipinski definition) is 2. The van der Waals surface area contributed by atoms with Gasteiger partial charge in [0.1, 0.15) is 0 Å². The van der Waals surface area contributed by atoms with Crippen LogP contribution in [0.2, 0.25) is 10.0 Å². The van der Waals surface area contributed by atoms with E-state index in [1.165, 1.54) is 5.56 Å². The molecular formula is C20H22Cl2N2O2S2. The van der Waals surface area contributed by atoms with Gasteiger partial charge < -0.3 is 15.4 Å². The zero-order valence-corrected chi connectivity index (χ0v) is 18.6. The first kappa shape index (κ1) is 22.8.